The lowest BCUT2D eigenvalue weighted by Crippen LogP contribution is -2.31. The molecule has 1 heterocycles. The first kappa shape index (κ1) is 17.4. The molecular formula is C18H19NO5S. The number of nitrogens with zero attached hydrogens (tertiary/aromatic N) is 1. The Kier molecular flexibility index (Phi) is 5.06. The lowest BCUT2D eigenvalue weighted by Gasteiger charge is -2.16. The molecule has 0 saturated carbocycles. The van der Waals surface area contributed by atoms with Crippen LogP contribution in [0.1, 0.15) is 12.0 Å². The second kappa shape index (κ2) is 7.25. The van der Waals surface area contributed by atoms with Crippen molar-refractivity contribution >= 4 is 16.0 Å². The van der Waals surface area contributed by atoms with Gasteiger partial charge in [0.15, 0.2) is 6.10 Å². The van der Waals surface area contributed by atoms with Gasteiger partial charge in [0.2, 0.25) is 0 Å². The molecule has 0 radical (unpaired) electrons. The summed E-state index contributed by atoms with van der Waals surface area (Å²) in [5.41, 5.74) is 0.939. The van der Waals surface area contributed by atoms with Gasteiger partial charge in [-0.1, -0.05) is 30.3 Å². The number of likely N-dealkylation sites (tertiary alicyclic amines) is 1. The maximum Gasteiger partial charge on any atom is 0.265 e. The predicted molar refractivity (Wildman–Crippen MR) is 92.7 cm³/mol. The molecule has 132 valence electrons. The van der Waals surface area contributed by atoms with Crippen LogP contribution in [0.4, 0.5) is 0 Å². The van der Waals surface area contributed by atoms with Crippen LogP contribution in [0.25, 0.3) is 0 Å². The molecule has 0 N–H and O–H groups in total. The smallest absolute Gasteiger partial charge is 0.265 e. The van der Waals surface area contributed by atoms with Crippen LogP contribution in [-0.2, 0) is 25.6 Å². The topological polar surface area (TPSA) is 72.9 Å². The number of para-hydroxylation sites is 1. The Morgan fingerprint density at radius 3 is 2.32 bits per heavy atom. The first-order valence-electron chi connectivity index (χ1n) is 7.89. The summed E-state index contributed by atoms with van der Waals surface area (Å²) >= 11 is 0. The Balaban J connectivity index is 1.59. The molecule has 0 aromatic heterocycles. The minimum atomic E-state index is -3.64. The quantitative estimate of drug-likeness (QED) is 0.740. The summed E-state index contributed by atoms with van der Waals surface area (Å²) in [6.07, 6.45) is 0.422. The van der Waals surface area contributed by atoms with Crippen LogP contribution in [0, 0.1) is 0 Å². The molecule has 1 aliphatic rings. The molecule has 1 aliphatic heterocycles. The van der Waals surface area contributed by atoms with Crippen molar-refractivity contribution in [3.05, 3.63) is 60.2 Å². The molecule has 7 heteroatoms. The van der Waals surface area contributed by atoms with E-state index in [1.54, 1.807) is 4.90 Å². The molecule has 0 bridgehead atoms. The summed E-state index contributed by atoms with van der Waals surface area (Å²) in [6, 6.07) is 16.9. The normalized spacial score (nSPS) is 17.7. The molecule has 25 heavy (non-hydrogen) atoms. The molecule has 0 aliphatic carbocycles. The zero-order valence-corrected chi connectivity index (χ0v) is 14.6. The fourth-order valence-electron chi connectivity index (χ4n) is 2.68. The predicted octanol–water partition coefficient (Wildman–Crippen LogP) is 2.56. The zero-order chi connectivity index (χ0) is 17.9. The van der Waals surface area contributed by atoms with Crippen molar-refractivity contribution in [3.63, 3.8) is 0 Å². The number of hydrogen-bond donors (Lipinski definition) is 0. The van der Waals surface area contributed by atoms with Gasteiger partial charge in [-0.3, -0.25) is 8.98 Å². The maximum absolute atomic E-state index is 12.2. The Bertz CT molecular complexity index is 834. The van der Waals surface area contributed by atoms with Crippen LogP contribution < -0.4 is 4.74 Å². The number of amides is 1. The van der Waals surface area contributed by atoms with E-state index in [0.29, 0.717) is 25.3 Å². The summed E-state index contributed by atoms with van der Waals surface area (Å²) in [6.45, 7) is 0.884. The minimum Gasteiger partial charge on any atom is -0.457 e. The van der Waals surface area contributed by atoms with Crippen molar-refractivity contribution in [2.45, 2.75) is 19.1 Å². The average Bonchev–Trinajstić information content (AvgIpc) is 2.89. The van der Waals surface area contributed by atoms with Crippen molar-refractivity contribution in [3.8, 4) is 11.5 Å². The Hall–Kier alpha value is -2.38. The molecule has 0 spiro atoms. The third kappa shape index (κ3) is 4.80. The van der Waals surface area contributed by atoms with Gasteiger partial charge in [0.25, 0.3) is 16.0 Å². The highest BCUT2D eigenvalue weighted by molar-refractivity contribution is 7.86. The number of ether oxygens (including phenoxy) is 1. The van der Waals surface area contributed by atoms with Gasteiger partial charge in [0.1, 0.15) is 11.5 Å². The Morgan fingerprint density at radius 2 is 1.68 bits per heavy atom. The van der Waals surface area contributed by atoms with Gasteiger partial charge in [0.05, 0.1) is 6.26 Å². The van der Waals surface area contributed by atoms with Gasteiger partial charge in [-0.15, -0.1) is 0 Å². The molecule has 1 fully saturated rings. The van der Waals surface area contributed by atoms with Gasteiger partial charge in [-0.05, 0) is 29.8 Å². The van der Waals surface area contributed by atoms with E-state index in [-0.39, 0.29) is 5.91 Å². The fraction of sp³-hybridized carbons (Fsp3) is 0.278. The average molecular weight is 361 g/mol. The molecule has 6 nitrogen and oxygen atoms in total. The summed E-state index contributed by atoms with van der Waals surface area (Å²) in [4.78, 5) is 13.8. The van der Waals surface area contributed by atoms with Crippen molar-refractivity contribution < 1.29 is 22.1 Å². The fourth-order valence-corrected chi connectivity index (χ4v) is 3.28. The minimum absolute atomic E-state index is 0.296. The summed E-state index contributed by atoms with van der Waals surface area (Å²) in [7, 11) is -3.64. The van der Waals surface area contributed by atoms with Crippen molar-refractivity contribution in [1.82, 2.24) is 4.90 Å². The highest BCUT2D eigenvalue weighted by atomic mass is 32.2. The first-order valence-corrected chi connectivity index (χ1v) is 9.71. The van der Waals surface area contributed by atoms with E-state index in [0.717, 1.165) is 17.6 Å². The highest BCUT2D eigenvalue weighted by Gasteiger charge is 2.34. The van der Waals surface area contributed by atoms with Crippen molar-refractivity contribution in [2.24, 2.45) is 0 Å². The van der Waals surface area contributed by atoms with Crippen LogP contribution >= 0.6 is 0 Å². The van der Waals surface area contributed by atoms with Crippen LogP contribution in [0.3, 0.4) is 0 Å². The highest BCUT2D eigenvalue weighted by Crippen LogP contribution is 2.23. The second-order valence-corrected chi connectivity index (χ2v) is 7.50. The van der Waals surface area contributed by atoms with Gasteiger partial charge < -0.3 is 9.64 Å². The molecular weight excluding hydrogens is 342 g/mol. The third-order valence-corrected chi connectivity index (χ3v) is 4.40. The molecule has 1 saturated heterocycles. The van der Waals surface area contributed by atoms with Gasteiger partial charge >= 0.3 is 0 Å². The number of benzene rings is 2. The lowest BCUT2D eigenvalue weighted by molar-refractivity contribution is -0.133. The van der Waals surface area contributed by atoms with Gasteiger partial charge in [-0.2, -0.15) is 8.42 Å². The molecule has 1 amide bonds. The van der Waals surface area contributed by atoms with E-state index >= 15 is 0 Å². The summed E-state index contributed by atoms with van der Waals surface area (Å²) in [5.74, 6) is 1.17. The number of rotatable bonds is 6. The van der Waals surface area contributed by atoms with Crippen LogP contribution in [0.15, 0.2) is 54.6 Å². The van der Waals surface area contributed by atoms with E-state index in [1.165, 1.54) is 0 Å². The van der Waals surface area contributed by atoms with Crippen LogP contribution in [-0.4, -0.2) is 38.1 Å². The molecule has 1 atom stereocenters. The third-order valence-electron chi connectivity index (χ3n) is 3.81. The van der Waals surface area contributed by atoms with E-state index in [2.05, 4.69) is 0 Å². The van der Waals surface area contributed by atoms with Gasteiger partial charge in [0, 0.05) is 19.5 Å². The molecule has 2 aromatic carbocycles. The van der Waals surface area contributed by atoms with E-state index < -0.39 is 16.2 Å². The number of carbonyl (C=O) groups excluding carboxylic acids is 1. The number of hydrogen-bond acceptors (Lipinski definition) is 5. The first-order chi connectivity index (χ1) is 11.9. The monoisotopic (exact) mass is 361 g/mol. The second-order valence-electron chi connectivity index (χ2n) is 5.90. The Labute approximate surface area is 147 Å². The number of carbonyl (C=O) groups is 1. The summed E-state index contributed by atoms with van der Waals surface area (Å²) < 4.78 is 32.9. The van der Waals surface area contributed by atoms with Crippen molar-refractivity contribution in [1.29, 1.82) is 0 Å². The van der Waals surface area contributed by atoms with Crippen molar-refractivity contribution in [2.75, 3.05) is 12.8 Å². The van der Waals surface area contributed by atoms with E-state index in [1.807, 2.05) is 54.6 Å². The van der Waals surface area contributed by atoms with E-state index in [9.17, 15) is 13.2 Å². The molecule has 2 aromatic rings. The standard InChI is InChI=1S/C18H19NO5S/c1-25(21,22)24-17-11-12-19(18(17)20)13-14-7-9-16(10-8-14)23-15-5-3-2-4-6-15/h2-10,17H,11-13H2,1H3. The van der Waals surface area contributed by atoms with Gasteiger partial charge in [-0.25, -0.2) is 0 Å². The van der Waals surface area contributed by atoms with Crippen LogP contribution in [0.2, 0.25) is 0 Å². The Morgan fingerprint density at radius 1 is 1.04 bits per heavy atom. The zero-order valence-electron chi connectivity index (χ0n) is 13.8. The molecule has 1 unspecified atom stereocenters. The summed E-state index contributed by atoms with van der Waals surface area (Å²) in [5, 5.41) is 0. The largest absolute Gasteiger partial charge is 0.457 e. The lowest BCUT2D eigenvalue weighted by atomic mass is 10.2. The van der Waals surface area contributed by atoms with Crippen LogP contribution in [0.5, 0.6) is 11.5 Å². The van der Waals surface area contributed by atoms with E-state index in [4.69, 9.17) is 8.92 Å². The SMILES string of the molecule is CS(=O)(=O)OC1CCN(Cc2ccc(Oc3ccccc3)cc2)C1=O. The molecule has 3 rings (SSSR count). The maximum atomic E-state index is 12.2.